The van der Waals surface area contributed by atoms with E-state index in [0.717, 1.165) is 5.69 Å². The normalized spacial score (nSPS) is 28.3. The van der Waals surface area contributed by atoms with E-state index in [1.54, 1.807) is 27.9 Å². The lowest BCUT2D eigenvalue weighted by atomic mass is 9.75. The lowest BCUT2D eigenvalue weighted by Crippen LogP contribution is -2.32. The zero-order chi connectivity index (χ0) is 20.2. The number of ether oxygens (including phenoxy) is 3. The summed E-state index contributed by atoms with van der Waals surface area (Å²) in [4.78, 5) is 29.8. The van der Waals surface area contributed by atoms with Crippen molar-refractivity contribution in [2.75, 3.05) is 12.4 Å². The zero-order valence-corrected chi connectivity index (χ0v) is 17.0. The lowest BCUT2D eigenvalue weighted by Gasteiger charge is -2.21. The van der Waals surface area contributed by atoms with Crippen LogP contribution in [0.25, 0.3) is 0 Å². The Morgan fingerprint density at radius 2 is 1.82 bits per heavy atom. The van der Waals surface area contributed by atoms with Gasteiger partial charge < -0.3 is 19.5 Å². The van der Waals surface area contributed by atoms with Crippen LogP contribution >= 0.6 is 11.3 Å². The predicted octanol–water partition coefficient (Wildman–Crippen LogP) is 3.77. The standard InChI is InChI=1S/C20H22N2O5S/c1-18(2)10-20(15(23)26-18)11-19(3,27-16(20)24)14-9-28-17(22-14)21-12-7-5-6-8-13(12)25-4/h5-9H,10-11H2,1-4H3,(H,21,22)/t19-,20+/m1/s1. The Morgan fingerprint density at radius 3 is 2.50 bits per heavy atom. The molecule has 0 saturated carbocycles. The fourth-order valence-corrected chi connectivity index (χ4v) is 4.89. The van der Waals surface area contributed by atoms with Crippen LogP contribution in [0.4, 0.5) is 10.8 Å². The number of benzene rings is 1. The summed E-state index contributed by atoms with van der Waals surface area (Å²) in [5, 5.41) is 5.72. The van der Waals surface area contributed by atoms with E-state index in [1.165, 1.54) is 11.3 Å². The van der Waals surface area contributed by atoms with Gasteiger partial charge in [0.25, 0.3) is 0 Å². The van der Waals surface area contributed by atoms with E-state index in [9.17, 15) is 9.59 Å². The van der Waals surface area contributed by atoms with Crippen molar-refractivity contribution in [3.63, 3.8) is 0 Å². The average molecular weight is 402 g/mol. The molecule has 0 unspecified atom stereocenters. The first-order chi connectivity index (χ1) is 13.2. The largest absolute Gasteiger partial charge is 0.495 e. The molecule has 1 spiro atoms. The number of nitrogens with zero attached hydrogens (tertiary/aromatic N) is 1. The van der Waals surface area contributed by atoms with E-state index < -0.39 is 28.6 Å². The van der Waals surface area contributed by atoms with Crippen molar-refractivity contribution >= 4 is 34.1 Å². The maximum Gasteiger partial charge on any atom is 0.324 e. The molecule has 28 heavy (non-hydrogen) atoms. The van der Waals surface area contributed by atoms with Gasteiger partial charge in [-0.25, -0.2) is 4.98 Å². The van der Waals surface area contributed by atoms with Crippen LogP contribution in [0, 0.1) is 5.41 Å². The molecule has 1 aromatic carbocycles. The first-order valence-electron chi connectivity index (χ1n) is 9.00. The van der Waals surface area contributed by atoms with E-state index in [4.69, 9.17) is 14.2 Å². The van der Waals surface area contributed by atoms with Crippen molar-refractivity contribution in [2.24, 2.45) is 5.41 Å². The SMILES string of the molecule is COc1ccccc1Nc1nc([C@@]2(C)C[C@]3(CC(C)(C)OC3=O)C(=O)O2)cs1. The van der Waals surface area contributed by atoms with Gasteiger partial charge in [-0.3, -0.25) is 9.59 Å². The number of nitrogens with one attached hydrogen (secondary N) is 1. The number of aromatic nitrogens is 1. The number of para-hydroxylation sites is 2. The van der Waals surface area contributed by atoms with Crippen LogP contribution < -0.4 is 10.1 Å². The van der Waals surface area contributed by atoms with Gasteiger partial charge in [0, 0.05) is 18.2 Å². The summed E-state index contributed by atoms with van der Waals surface area (Å²) in [6, 6.07) is 7.53. The van der Waals surface area contributed by atoms with E-state index in [-0.39, 0.29) is 6.42 Å². The summed E-state index contributed by atoms with van der Waals surface area (Å²) in [6.07, 6.45) is 0.530. The second-order valence-electron chi connectivity index (χ2n) is 8.07. The highest BCUT2D eigenvalue weighted by molar-refractivity contribution is 7.13. The number of esters is 2. The molecule has 7 nitrogen and oxygen atoms in total. The Balaban J connectivity index is 1.59. The monoisotopic (exact) mass is 402 g/mol. The van der Waals surface area contributed by atoms with Gasteiger partial charge in [0.15, 0.2) is 16.1 Å². The van der Waals surface area contributed by atoms with Crippen LogP contribution in [0.2, 0.25) is 0 Å². The molecule has 2 aliphatic rings. The highest BCUT2D eigenvalue weighted by atomic mass is 32.1. The van der Waals surface area contributed by atoms with Crippen LogP contribution in [0.1, 0.15) is 39.3 Å². The molecule has 3 heterocycles. The third-order valence-electron chi connectivity index (χ3n) is 5.23. The summed E-state index contributed by atoms with van der Waals surface area (Å²) in [5.41, 5.74) is -1.51. The average Bonchev–Trinajstić information content (AvgIpc) is 3.25. The molecular formula is C20H22N2O5S. The van der Waals surface area contributed by atoms with Gasteiger partial charge in [-0.15, -0.1) is 11.3 Å². The van der Waals surface area contributed by atoms with E-state index >= 15 is 0 Å². The Kier molecular flexibility index (Phi) is 4.15. The van der Waals surface area contributed by atoms with Crippen LogP contribution in [0.15, 0.2) is 29.6 Å². The molecule has 2 fully saturated rings. The number of methoxy groups -OCH3 is 1. The van der Waals surface area contributed by atoms with Gasteiger partial charge >= 0.3 is 11.9 Å². The third-order valence-corrected chi connectivity index (χ3v) is 5.99. The minimum absolute atomic E-state index is 0.221. The number of thiazole rings is 1. The fourth-order valence-electron chi connectivity index (χ4n) is 4.04. The molecule has 8 heteroatoms. The van der Waals surface area contributed by atoms with Crippen molar-refractivity contribution in [1.29, 1.82) is 0 Å². The first-order valence-corrected chi connectivity index (χ1v) is 9.88. The number of hydrogen-bond acceptors (Lipinski definition) is 8. The molecular weight excluding hydrogens is 380 g/mol. The molecule has 148 valence electrons. The van der Waals surface area contributed by atoms with Gasteiger partial charge in [0.05, 0.1) is 18.5 Å². The van der Waals surface area contributed by atoms with Crippen LogP contribution in [-0.2, 0) is 24.7 Å². The molecule has 0 bridgehead atoms. The van der Waals surface area contributed by atoms with Crippen LogP contribution in [0.3, 0.4) is 0 Å². The highest BCUT2D eigenvalue weighted by Gasteiger charge is 2.67. The number of cyclic esters (lactones) is 2. The first kappa shape index (κ1) is 18.7. The van der Waals surface area contributed by atoms with Crippen LogP contribution in [0.5, 0.6) is 5.75 Å². The van der Waals surface area contributed by atoms with Crippen molar-refractivity contribution < 1.29 is 23.8 Å². The summed E-state index contributed by atoms with van der Waals surface area (Å²) < 4.78 is 16.5. The second kappa shape index (κ2) is 6.20. The van der Waals surface area contributed by atoms with E-state index in [0.29, 0.717) is 23.0 Å². The summed E-state index contributed by atoms with van der Waals surface area (Å²) in [5.74, 6) is -0.334. The second-order valence-corrected chi connectivity index (χ2v) is 8.93. The Labute approximate surface area is 167 Å². The lowest BCUT2D eigenvalue weighted by molar-refractivity contribution is -0.161. The third kappa shape index (κ3) is 2.92. The van der Waals surface area contributed by atoms with Crippen molar-refractivity contribution in [2.45, 2.75) is 44.8 Å². The minimum atomic E-state index is -1.25. The topological polar surface area (TPSA) is 86.8 Å². The molecule has 1 N–H and O–H groups in total. The van der Waals surface area contributed by atoms with E-state index in [1.807, 2.05) is 29.6 Å². The zero-order valence-electron chi connectivity index (χ0n) is 16.2. The summed E-state index contributed by atoms with van der Waals surface area (Å²) in [7, 11) is 1.61. The molecule has 2 aliphatic heterocycles. The molecule has 0 aliphatic carbocycles. The molecule has 2 atom stereocenters. The fraction of sp³-hybridized carbons (Fsp3) is 0.450. The maximum atomic E-state index is 12.7. The highest BCUT2D eigenvalue weighted by Crippen LogP contribution is 2.54. The molecule has 4 rings (SSSR count). The Bertz CT molecular complexity index is 956. The minimum Gasteiger partial charge on any atom is -0.495 e. The number of rotatable bonds is 4. The van der Waals surface area contributed by atoms with Crippen molar-refractivity contribution in [3.8, 4) is 5.75 Å². The van der Waals surface area contributed by atoms with E-state index in [2.05, 4.69) is 10.3 Å². The Morgan fingerprint density at radius 1 is 1.11 bits per heavy atom. The van der Waals surface area contributed by atoms with Gasteiger partial charge in [-0.2, -0.15) is 0 Å². The van der Waals surface area contributed by atoms with Crippen molar-refractivity contribution in [3.05, 3.63) is 35.3 Å². The van der Waals surface area contributed by atoms with Crippen LogP contribution in [-0.4, -0.2) is 29.6 Å². The van der Waals surface area contributed by atoms with Gasteiger partial charge in [0.2, 0.25) is 0 Å². The van der Waals surface area contributed by atoms with Crippen molar-refractivity contribution in [1.82, 2.24) is 4.98 Å². The Hall–Kier alpha value is -2.61. The number of anilines is 2. The molecule has 0 amide bonds. The quantitative estimate of drug-likeness (QED) is 0.615. The predicted molar refractivity (Wildman–Crippen MR) is 104 cm³/mol. The molecule has 2 aromatic rings. The summed E-state index contributed by atoms with van der Waals surface area (Å²) >= 11 is 1.40. The van der Waals surface area contributed by atoms with Gasteiger partial charge in [-0.05, 0) is 32.9 Å². The number of hydrogen-bond donors (Lipinski definition) is 1. The molecule has 0 radical (unpaired) electrons. The summed E-state index contributed by atoms with van der Waals surface area (Å²) in [6.45, 7) is 5.40. The molecule has 2 saturated heterocycles. The maximum absolute atomic E-state index is 12.7. The number of carbonyl (C=O) groups is 2. The van der Waals surface area contributed by atoms with Gasteiger partial charge in [0.1, 0.15) is 11.4 Å². The van der Waals surface area contributed by atoms with Gasteiger partial charge in [-0.1, -0.05) is 12.1 Å². The molecule has 1 aromatic heterocycles. The number of carbonyl (C=O) groups excluding carboxylic acids is 2. The smallest absolute Gasteiger partial charge is 0.324 e.